The average molecular weight is 637 g/mol. The van der Waals surface area contributed by atoms with E-state index < -0.39 is 37.8 Å². The minimum atomic E-state index is -3.86. The number of rotatable bonds is 17. The second-order valence-corrected chi connectivity index (χ2v) is 12.9. The molecule has 1 aliphatic rings. The fourth-order valence-electron chi connectivity index (χ4n) is 4.75. The van der Waals surface area contributed by atoms with E-state index in [1.165, 1.54) is 0 Å². The maximum Gasteiger partial charge on any atom is 0.407 e. The van der Waals surface area contributed by atoms with Gasteiger partial charge in [0, 0.05) is 6.54 Å². The first kappa shape index (κ1) is 34.1. The summed E-state index contributed by atoms with van der Waals surface area (Å²) in [6.45, 7) is 1.13. The molecule has 1 saturated heterocycles. The Morgan fingerprint density at radius 2 is 1.47 bits per heavy atom. The number of alkyl carbamates (subject to hydrolysis) is 1. The van der Waals surface area contributed by atoms with Crippen LogP contribution in [0.25, 0.3) is 0 Å². The third kappa shape index (κ3) is 12.2. The Morgan fingerprint density at radius 3 is 2.09 bits per heavy atom. The zero-order valence-corrected chi connectivity index (χ0v) is 26.2. The molecule has 2 unspecified atom stereocenters. The van der Waals surface area contributed by atoms with Crippen molar-refractivity contribution in [2.24, 2.45) is 0 Å². The lowest BCUT2D eigenvalue weighted by molar-refractivity contribution is -0.166. The van der Waals surface area contributed by atoms with Crippen LogP contribution >= 0.6 is 7.60 Å². The summed E-state index contributed by atoms with van der Waals surface area (Å²) in [4.78, 5) is 38.0. The van der Waals surface area contributed by atoms with Crippen molar-refractivity contribution >= 4 is 25.6 Å². The van der Waals surface area contributed by atoms with Gasteiger partial charge in [0.25, 0.3) is 0 Å². The molecule has 10 nitrogen and oxygen atoms in total. The molecule has 0 radical (unpaired) electrons. The van der Waals surface area contributed by atoms with E-state index in [-0.39, 0.29) is 32.3 Å². The van der Waals surface area contributed by atoms with Gasteiger partial charge in [-0.05, 0) is 61.8 Å². The van der Waals surface area contributed by atoms with Crippen LogP contribution in [0.4, 0.5) is 4.79 Å². The first-order valence-corrected chi connectivity index (χ1v) is 17.1. The van der Waals surface area contributed by atoms with Gasteiger partial charge in [-0.2, -0.15) is 0 Å². The van der Waals surface area contributed by atoms with Gasteiger partial charge in [-0.1, -0.05) is 91.0 Å². The van der Waals surface area contributed by atoms with Crippen molar-refractivity contribution in [3.8, 4) is 0 Å². The molecule has 3 aromatic rings. The van der Waals surface area contributed by atoms with Gasteiger partial charge in [-0.25, -0.2) is 14.4 Å². The molecule has 1 amide bonds. The van der Waals surface area contributed by atoms with E-state index in [2.05, 4.69) is 10.6 Å². The molecule has 0 bridgehead atoms. The Hall–Kier alpha value is -3.82. The standard InChI is InChI=1S/C34H41N2O8P/c37-32(30-19-12-23-35-30)43-33(38)31(20-10-11-22-36-34(39)41-25-28-15-6-2-7-16-28)44-45(40,24-21-27-13-4-1-5-14-27)42-26-29-17-8-3-9-18-29/h1-9,13-18,30-31,35H,10-12,19-26H2,(H,36,39)/t30-,31?,45?/m0/s1. The van der Waals surface area contributed by atoms with Gasteiger partial charge in [-0.15, -0.1) is 0 Å². The van der Waals surface area contributed by atoms with Crippen molar-refractivity contribution in [1.29, 1.82) is 0 Å². The summed E-state index contributed by atoms with van der Waals surface area (Å²) >= 11 is 0. The van der Waals surface area contributed by atoms with Gasteiger partial charge >= 0.3 is 25.6 Å². The Kier molecular flexibility index (Phi) is 13.8. The highest BCUT2D eigenvalue weighted by atomic mass is 31.2. The highest BCUT2D eigenvalue weighted by Gasteiger charge is 2.36. The zero-order chi connectivity index (χ0) is 31.7. The van der Waals surface area contributed by atoms with Gasteiger partial charge in [0.05, 0.1) is 12.8 Å². The molecule has 2 N–H and O–H groups in total. The van der Waals surface area contributed by atoms with Crippen LogP contribution in [0.15, 0.2) is 91.0 Å². The Morgan fingerprint density at radius 1 is 0.844 bits per heavy atom. The van der Waals surface area contributed by atoms with Crippen LogP contribution in [0.3, 0.4) is 0 Å². The van der Waals surface area contributed by atoms with E-state index in [0.29, 0.717) is 32.2 Å². The Labute approximate surface area is 264 Å². The molecule has 0 spiro atoms. The predicted molar refractivity (Wildman–Crippen MR) is 169 cm³/mol. The van der Waals surface area contributed by atoms with Crippen LogP contribution in [0, 0.1) is 0 Å². The smallest absolute Gasteiger partial charge is 0.407 e. The molecule has 1 fully saturated rings. The first-order valence-electron chi connectivity index (χ1n) is 15.3. The van der Waals surface area contributed by atoms with Crippen LogP contribution in [0.1, 0.15) is 48.8 Å². The van der Waals surface area contributed by atoms with E-state index in [0.717, 1.165) is 23.1 Å². The number of amides is 1. The molecule has 0 saturated carbocycles. The summed E-state index contributed by atoms with van der Waals surface area (Å²) < 4.78 is 36.5. The maximum atomic E-state index is 14.2. The summed E-state index contributed by atoms with van der Waals surface area (Å²) in [5.41, 5.74) is 2.61. The van der Waals surface area contributed by atoms with Crippen LogP contribution in [-0.2, 0) is 52.3 Å². The van der Waals surface area contributed by atoms with Gasteiger partial charge in [0.15, 0.2) is 6.10 Å². The second-order valence-electron chi connectivity index (χ2n) is 10.8. The highest BCUT2D eigenvalue weighted by Crippen LogP contribution is 2.51. The predicted octanol–water partition coefficient (Wildman–Crippen LogP) is 5.94. The van der Waals surface area contributed by atoms with E-state index >= 15 is 0 Å². The van der Waals surface area contributed by atoms with Crippen molar-refractivity contribution in [1.82, 2.24) is 10.6 Å². The third-order valence-corrected chi connectivity index (χ3v) is 9.13. The number of nitrogens with one attached hydrogen (secondary N) is 2. The minimum absolute atomic E-state index is 0.0224. The number of hydrogen-bond donors (Lipinski definition) is 2. The third-order valence-electron chi connectivity index (χ3n) is 7.26. The lowest BCUT2D eigenvalue weighted by Gasteiger charge is -2.24. The summed E-state index contributed by atoms with van der Waals surface area (Å²) in [5.74, 6) is -1.59. The van der Waals surface area contributed by atoms with Crippen molar-refractivity contribution in [2.45, 2.75) is 63.9 Å². The molecule has 45 heavy (non-hydrogen) atoms. The number of aryl methyl sites for hydroxylation is 1. The van der Waals surface area contributed by atoms with Crippen LogP contribution in [-0.4, -0.2) is 49.4 Å². The van der Waals surface area contributed by atoms with Crippen molar-refractivity contribution in [3.63, 3.8) is 0 Å². The largest absolute Gasteiger partial charge is 0.445 e. The first-order chi connectivity index (χ1) is 21.9. The maximum absolute atomic E-state index is 14.2. The van der Waals surface area contributed by atoms with Gasteiger partial charge in [0.1, 0.15) is 12.6 Å². The number of esters is 2. The molecule has 3 atom stereocenters. The number of benzene rings is 3. The summed E-state index contributed by atoms with van der Waals surface area (Å²) in [6.07, 6.45) is 0.926. The number of ether oxygens (including phenoxy) is 2. The monoisotopic (exact) mass is 636 g/mol. The zero-order valence-electron chi connectivity index (χ0n) is 25.3. The molecule has 0 aliphatic carbocycles. The minimum Gasteiger partial charge on any atom is -0.445 e. The Balaban J connectivity index is 1.37. The van der Waals surface area contributed by atoms with Crippen LogP contribution in [0.5, 0.6) is 0 Å². The Bertz CT molecular complexity index is 1340. The fourth-order valence-corrected chi connectivity index (χ4v) is 6.51. The molecule has 1 aliphatic heterocycles. The molecular formula is C34H41N2O8P. The van der Waals surface area contributed by atoms with E-state index in [1.807, 2.05) is 91.0 Å². The number of hydrogen-bond acceptors (Lipinski definition) is 9. The van der Waals surface area contributed by atoms with Crippen LogP contribution in [0.2, 0.25) is 0 Å². The molecule has 11 heteroatoms. The van der Waals surface area contributed by atoms with E-state index in [1.54, 1.807) is 0 Å². The molecule has 0 aromatic heterocycles. The normalized spacial score (nSPS) is 16.3. The molecule has 3 aromatic carbocycles. The lowest BCUT2D eigenvalue weighted by Crippen LogP contribution is -2.37. The SMILES string of the molecule is O=C(NCCCCC(OP(=O)(CCc1ccccc1)OCc1ccccc1)C(=O)OC(=O)[C@@H]1CCCN1)OCc1ccccc1. The van der Waals surface area contributed by atoms with Crippen molar-refractivity contribution < 1.29 is 37.5 Å². The summed E-state index contributed by atoms with van der Waals surface area (Å²) in [7, 11) is -3.86. The van der Waals surface area contributed by atoms with E-state index in [9.17, 15) is 18.9 Å². The van der Waals surface area contributed by atoms with Gasteiger partial charge in [0.2, 0.25) is 0 Å². The molecular weight excluding hydrogens is 595 g/mol. The second kappa shape index (κ2) is 18.2. The fraction of sp³-hybridized carbons (Fsp3) is 0.382. The van der Waals surface area contributed by atoms with Crippen LogP contribution < -0.4 is 10.6 Å². The molecule has 4 rings (SSSR count). The number of unbranched alkanes of at least 4 members (excludes halogenated alkanes) is 1. The highest BCUT2D eigenvalue weighted by molar-refractivity contribution is 7.53. The van der Waals surface area contributed by atoms with Gasteiger partial charge < -0.3 is 24.6 Å². The van der Waals surface area contributed by atoms with Crippen molar-refractivity contribution in [2.75, 3.05) is 19.3 Å². The topological polar surface area (TPSA) is 129 Å². The summed E-state index contributed by atoms with van der Waals surface area (Å²) in [6, 6.07) is 27.5. The summed E-state index contributed by atoms with van der Waals surface area (Å²) in [5, 5.41) is 5.71. The number of carbonyl (C=O) groups is 3. The molecule has 240 valence electrons. The number of carbonyl (C=O) groups excluding carboxylic acids is 3. The van der Waals surface area contributed by atoms with Gasteiger partial charge in [-0.3, -0.25) is 9.09 Å². The molecule has 1 heterocycles. The quantitative estimate of drug-likeness (QED) is 0.0800. The average Bonchev–Trinajstić information content (AvgIpc) is 3.62. The lowest BCUT2D eigenvalue weighted by atomic mass is 10.1. The van der Waals surface area contributed by atoms with Crippen molar-refractivity contribution in [3.05, 3.63) is 108 Å². The van der Waals surface area contributed by atoms with E-state index in [4.69, 9.17) is 18.5 Å².